The summed E-state index contributed by atoms with van der Waals surface area (Å²) in [6.45, 7) is 0. The quantitative estimate of drug-likeness (QED) is 0.314. The van der Waals surface area contributed by atoms with E-state index in [0.717, 1.165) is 0 Å². The third kappa shape index (κ3) is 5.18. The maximum absolute atomic E-state index is 9.78. The van der Waals surface area contributed by atoms with Crippen molar-refractivity contribution < 1.29 is 14.6 Å². The Kier molecular flexibility index (Phi) is 9.08. The molecule has 0 aliphatic rings. The number of rotatable bonds is 2. The van der Waals surface area contributed by atoms with Crippen molar-refractivity contribution in [3.05, 3.63) is 0 Å². The van der Waals surface area contributed by atoms with E-state index in [0.29, 0.717) is 0 Å². The Balaban J connectivity index is 0. The Morgan fingerprint density at radius 2 is 2.12 bits per heavy atom. The van der Waals surface area contributed by atoms with E-state index in [1.54, 1.807) is 0 Å². The minimum absolute atomic E-state index is 0. The van der Waals surface area contributed by atoms with Crippen LogP contribution in [0.1, 0.15) is 0 Å². The molecule has 3 nitrogen and oxygen atoms in total. The van der Waals surface area contributed by atoms with Gasteiger partial charge < -0.3 is 10.00 Å². The molecule has 0 saturated heterocycles. The van der Waals surface area contributed by atoms with Crippen LogP contribution < -0.4 is 0 Å². The van der Waals surface area contributed by atoms with Gasteiger partial charge in [-0.3, -0.25) is 4.57 Å². The van der Waals surface area contributed by atoms with Crippen molar-refractivity contribution in [3.8, 4) is 0 Å². The molecule has 2 unspecified atom stereocenters. The van der Waals surface area contributed by atoms with Crippen molar-refractivity contribution in [2.24, 2.45) is 0 Å². The molecule has 0 heterocycles. The van der Waals surface area contributed by atoms with Crippen molar-refractivity contribution >= 4 is 38.5 Å². The minimum atomic E-state index is -2.79. The summed E-state index contributed by atoms with van der Waals surface area (Å²) >= 11 is 4.96. The Morgan fingerprint density at radius 1 is 1.75 bits per heavy atom. The Labute approximate surface area is 65.1 Å². The van der Waals surface area contributed by atoms with Crippen LogP contribution in [0.15, 0.2) is 0 Å². The first-order valence-corrected chi connectivity index (χ1v) is 3.62. The Bertz CT molecular complexity index is 79.7. The molecular formula is C2H7ClLiO3P. The van der Waals surface area contributed by atoms with Crippen molar-refractivity contribution in [2.45, 2.75) is 5.85 Å². The Morgan fingerprint density at radius 3 is 2.12 bits per heavy atom. The topological polar surface area (TPSA) is 57.5 Å². The zero-order valence-electron chi connectivity index (χ0n) is 3.47. The molecular weight excluding hydrogens is 145 g/mol. The number of alkyl halides is 1. The van der Waals surface area contributed by atoms with Crippen LogP contribution in [0.3, 0.4) is 0 Å². The van der Waals surface area contributed by atoms with Crippen LogP contribution in [0.25, 0.3) is 0 Å². The molecule has 8 heavy (non-hydrogen) atoms. The average molecular weight is 152 g/mol. The average Bonchev–Trinajstić information content (AvgIpc) is 1.65. The van der Waals surface area contributed by atoms with E-state index in [1.165, 1.54) is 0 Å². The van der Waals surface area contributed by atoms with E-state index in [1.807, 2.05) is 0 Å². The van der Waals surface area contributed by atoms with Gasteiger partial charge in [0.25, 0.3) is 0 Å². The SMILES string of the molecule is O=[PH](O)C(O)CCl.[LiH]. The second kappa shape index (κ2) is 6.16. The second-order valence-corrected chi connectivity index (χ2v) is 2.66. The molecule has 0 aliphatic carbocycles. The molecule has 0 fully saturated rings. The summed E-state index contributed by atoms with van der Waals surface area (Å²) in [5.74, 6) is -1.40. The van der Waals surface area contributed by atoms with Crippen molar-refractivity contribution in [3.63, 3.8) is 0 Å². The van der Waals surface area contributed by atoms with E-state index in [-0.39, 0.29) is 24.7 Å². The van der Waals surface area contributed by atoms with Crippen LogP contribution in [-0.4, -0.2) is 40.6 Å². The van der Waals surface area contributed by atoms with Crippen molar-refractivity contribution in [1.82, 2.24) is 0 Å². The number of aliphatic hydroxyl groups is 1. The van der Waals surface area contributed by atoms with Crippen LogP contribution in [0.4, 0.5) is 0 Å². The molecule has 0 saturated carbocycles. The van der Waals surface area contributed by atoms with E-state index >= 15 is 0 Å². The van der Waals surface area contributed by atoms with Crippen LogP contribution in [0, 0.1) is 0 Å². The van der Waals surface area contributed by atoms with Gasteiger partial charge in [-0.05, 0) is 0 Å². The molecule has 2 atom stereocenters. The van der Waals surface area contributed by atoms with Gasteiger partial charge in [0.15, 0.2) is 0 Å². The monoisotopic (exact) mass is 152 g/mol. The van der Waals surface area contributed by atoms with Gasteiger partial charge in [0.05, 0.1) is 5.88 Å². The van der Waals surface area contributed by atoms with Gasteiger partial charge in [-0.25, -0.2) is 0 Å². The summed E-state index contributed by atoms with van der Waals surface area (Å²) < 4.78 is 9.78. The maximum atomic E-state index is 9.78. The molecule has 46 valence electrons. The third-order valence-electron chi connectivity index (χ3n) is 0.431. The fraction of sp³-hybridized carbons (Fsp3) is 1.00. The molecule has 6 heteroatoms. The van der Waals surface area contributed by atoms with E-state index in [2.05, 4.69) is 0 Å². The summed E-state index contributed by atoms with van der Waals surface area (Å²) in [5, 5.41) is 8.29. The second-order valence-electron chi connectivity index (χ2n) is 1.01. The van der Waals surface area contributed by atoms with E-state index in [9.17, 15) is 4.57 Å². The van der Waals surface area contributed by atoms with Gasteiger partial charge >= 0.3 is 18.9 Å². The summed E-state index contributed by atoms with van der Waals surface area (Å²) in [7, 11) is -2.79. The molecule has 0 rings (SSSR count). The third-order valence-corrected chi connectivity index (χ3v) is 1.76. The zero-order chi connectivity index (χ0) is 5.86. The molecule has 0 amide bonds. The van der Waals surface area contributed by atoms with Crippen LogP contribution in [0.5, 0.6) is 0 Å². The zero-order valence-corrected chi connectivity index (χ0v) is 5.22. The van der Waals surface area contributed by atoms with E-state index in [4.69, 9.17) is 21.6 Å². The molecule has 0 radical (unpaired) electrons. The molecule has 2 N–H and O–H groups in total. The predicted octanol–water partition coefficient (Wildman–Crippen LogP) is -0.638. The fourth-order valence-corrected chi connectivity index (χ4v) is 0.594. The van der Waals surface area contributed by atoms with Crippen LogP contribution in [-0.2, 0) is 4.57 Å². The predicted molar refractivity (Wildman–Crippen MR) is 35.1 cm³/mol. The molecule has 0 spiro atoms. The number of halogens is 1. The summed E-state index contributed by atoms with van der Waals surface area (Å²) in [6, 6.07) is 0. The molecule has 0 aliphatic heterocycles. The van der Waals surface area contributed by atoms with Gasteiger partial charge in [-0.1, -0.05) is 0 Å². The fourth-order valence-electron chi connectivity index (χ4n) is 0.0660. The van der Waals surface area contributed by atoms with E-state index < -0.39 is 13.9 Å². The molecule has 0 aromatic rings. The summed E-state index contributed by atoms with van der Waals surface area (Å²) in [6.07, 6.45) is 0. The first-order valence-electron chi connectivity index (χ1n) is 1.65. The Hall–Kier alpha value is 1.04. The van der Waals surface area contributed by atoms with Crippen molar-refractivity contribution in [1.29, 1.82) is 0 Å². The first-order chi connectivity index (χ1) is 3.18. The standard InChI is InChI=1S/C2H6ClO3P.Li.H/c3-1-2(4)7(5)6;;/h2,4,7H,1H2,(H,5,6);;. The van der Waals surface area contributed by atoms with Gasteiger partial charge in [-0.2, -0.15) is 0 Å². The summed E-state index contributed by atoms with van der Waals surface area (Å²) in [4.78, 5) is 8.03. The molecule has 0 aromatic heterocycles. The van der Waals surface area contributed by atoms with Crippen LogP contribution in [0.2, 0.25) is 0 Å². The molecule has 0 aromatic carbocycles. The number of hydrogen-bond donors (Lipinski definition) is 2. The van der Waals surface area contributed by atoms with Crippen LogP contribution >= 0.6 is 19.6 Å². The first kappa shape index (κ1) is 11.8. The van der Waals surface area contributed by atoms with Gasteiger partial charge in [0.1, 0.15) is 5.85 Å². The number of aliphatic hydroxyl groups excluding tert-OH is 1. The van der Waals surface area contributed by atoms with Gasteiger partial charge in [-0.15, -0.1) is 11.6 Å². The normalized spacial score (nSPS) is 16.4. The summed E-state index contributed by atoms with van der Waals surface area (Å²) in [5.41, 5.74) is 0. The number of hydrogen-bond acceptors (Lipinski definition) is 2. The molecule has 0 bridgehead atoms. The van der Waals surface area contributed by atoms with Gasteiger partial charge in [0.2, 0.25) is 8.03 Å². The van der Waals surface area contributed by atoms with Crippen molar-refractivity contribution in [2.75, 3.05) is 5.88 Å². The van der Waals surface area contributed by atoms with Gasteiger partial charge in [0, 0.05) is 0 Å².